The van der Waals surface area contributed by atoms with E-state index in [2.05, 4.69) is 62.8 Å². The van der Waals surface area contributed by atoms with Crippen molar-refractivity contribution in [1.29, 1.82) is 0 Å². The van der Waals surface area contributed by atoms with Crippen molar-refractivity contribution < 1.29 is 19.2 Å². The number of benzene rings is 3. The van der Waals surface area contributed by atoms with Gasteiger partial charge >= 0.3 is 0 Å². The molecule has 3 unspecified atom stereocenters. The van der Waals surface area contributed by atoms with E-state index in [0.717, 1.165) is 22.0 Å². The number of carbonyl (C=O) groups excluding carboxylic acids is 4. The number of H-pyrrole nitrogens is 2. The molecule has 50 heavy (non-hydrogen) atoms. The predicted molar refractivity (Wildman–Crippen MR) is 194 cm³/mol. The Balaban J connectivity index is 0.000000419. The number of hydrogen-bond donors (Lipinski definition) is 4. The molecule has 0 radical (unpaired) electrons. The van der Waals surface area contributed by atoms with Crippen LogP contribution in [0.5, 0.6) is 0 Å². The minimum Gasteiger partial charge on any atom is -0.361 e. The second-order valence-electron chi connectivity index (χ2n) is 12.9. The molecule has 2 fully saturated rings. The van der Waals surface area contributed by atoms with Crippen LogP contribution >= 0.6 is 11.6 Å². The Morgan fingerprint density at radius 3 is 2.44 bits per heavy atom. The Labute approximate surface area is 295 Å². The number of imidazole rings is 1. The maximum Gasteiger partial charge on any atom is 0.289 e. The summed E-state index contributed by atoms with van der Waals surface area (Å²) in [5.74, 6) is -1.55. The van der Waals surface area contributed by atoms with Crippen molar-refractivity contribution in [2.24, 2.45) is 17.8 Å². The third-order valence-corrected chi connectivity index (χ3v) is 9.84. The Morgan fingerprint density at radius 1 is 0.920 bits per heavy atom. The van der Waals surface area contributed by atoms with E-state index in [9.17, 15) is 19.2 Å². The van der Waals surface area contributed by atoms with Crippen molar-refractivity contribution in [2.75, 3.05) is 39.8 Å². The van der Waals surface area contributed by atoms with Crippen molar-refractivity contribution in [1.82, 2.24) is 35.4 Å². The molecule has 4 amide bonds. The van der Waals surface area contributed by atoms with Crippen LogP contribution in [-0.2, 0) is 27.2 Å². The molecule has 4 heterocycles. The largest absolute Gasteiger partial charge is 0.361 e. The molecule has 5 aromatic rings. The van der Waals surface area contributed by atoms with Crippen LogP contribution < -0.4 is 10.6 Å². The maximum absolute atomic E-state index is 13.6. The molecule has 4 N–H and O–H groups in total. The van der Waals surface area contributed by atoms with Crippen LogP contribution in [0.2, 0.25) is 5.02 Å². The first-order valence-corrected chi connectivity index (χ1v) is 17.4. The minimum atomic E-state index is -0.572. The number of likely N-dealkylation sites (N-methyl/N-ethyl adjacent to an activating group) is 1. The number of para-hydroxylation sites is 2. The van der Waals surface area contributed by atoms with Crippen LogP contribution in [0.3, 0.4) is 0 Å². The molecule has 2 aliphatic rings. The van der Waals surface area contributed by atoms with Crippen molar-refractivity contribution in [3.63, 3.8) is 0 Å². The lowest BCUT2D eigenvalue weighted by molar-refractivity contribution is -0.139. The topological polar surface area (TPSA) is 143 Å². The van der Waals surface area contributed by atoms with Gasteiger partial charge in [0.1, 0.15) is 0 Å². The quantitative estimate of drug-likeness (QED) is 0.188. The van der Waals surface area contributed by atoms with Gasteiger partial charge in [-0.25, -0.2) is 4.98 Å². The molecular weight excluding hydrogens is 654 g/mol. The summed E-state index contributed by atoms with van der Waals surface area (Å²) in [5.41, 5.74) is 4.61. The van der Waals surface area contributed by atoms with Gasteiger partial charge in [0.25, 0.3) is 5.91 Å². The van der Waals surface area contributed by atoms with Gasteiger partial charge in [-0.1, -0.05) is 73.5 Å². The summed E-state index contributed by atoms with van der Waals surface area (Å²) in [6.45, 7) is 3.45. The number of aryl methyl sites for hydroxylation is 1. The lowest BCUT2D eigenvalue weighted by Gasteiger charge is -2.39. The summed E-state index contributed by atoms with van der Waals surface area (Å²) >= 11 is 6.11. The van der Waals surface area contributed by atoms with Crippen LogP contribution in [-0.4, -0.2) is 88.2 Å². The lowest BCUT2D eigenvalue weighted by atomic mass is 9.79. The summed E-state index contributed by atoms with van der Waals surface area (Å²) in [5, 5.41) is 6.74. The molecule has 12 heteroatoms. The molecule has 0 spiro atoms. The number of aromatic amines is 2. The number of piperidine rings is 1. The second kappa shape index (κ2) is 15.6. The van der Waals surface area contributed by atoms with Gasteiger partial charge in [-0.15, -0.1) is 0 Å². The molecule has 2 saturated heterocycles. The van der Waals surface area contributed by atoms with Gasteiger partial charge < -0.3 is 30.4 Å². The Hall–Kier alpha value is -5.16. The Morgan fingerprint density at radius 2 is 1.68 bits per heavy atom. The van der Waals surface area contributed by atoms with Gasteiger partial charge in [-0.3, -0.25) is 19.2 Å². The van der Waals surface area contributed by atoms with E-state index < -0.39 is 5.92 Å². The zero-order valence-electron chi connectivity index (χ0n) is 28.2. The number of nitrogens with zero attached hydrogens (tertiary/aromatic N) is 3. The summed E-state index contributed by atoms with van der Waals surface area (Å²) in [6, 6.07) is 23.5. The molecular formula is C38H42ClN7O4. The number of fused-ring (bicyclic) bond motifs is 3. The van der Waals surface area contributed by atoms with Crippen LogP contribution in [0.15, 0.2) is 79.0 Å². The first-order chi connectivity index (χ1) is 24.2. The van der Waals surface area contributed by atoms with E-state index in [0.29, 0.717) is 30.2 Å². The highest BCUT2D eigenvalue weighted by atomic mass is 35.5. The summed E-state index contributed by atoms with van der Waals surface area (Å²) in [4.78, 5) is 66.3. The smallest absolute Gasteiger partial charge is 0.289 e. The molecule has 2 aliphatic heterocycles. The zero-order valence-corrected chi connectivity index (χ0v) is 29.0. The Kier molecular flexibility index (Phi) is 10.8. The SMILES string of the molecule is CCCc1ccccc1.CNC(=O)CNC(=O)C1CN(C(=O)Cc2c[nH]c3cc(Cl)ccc23)CC2CN(C(=O)c3nc4ccccc4[nH]3)CC21. The zero-order chi connectivity index (χ0) is 35.2. The second-order valence-corrected chi connectivity index (χ2v) is 13.4. The number of carbonyl (C=O) groups is 4. The highest BCUT2D eigenvalue weighted by molar-refractivity contribution is 6.31. The molecule has 11 nitrogen and oxygen atoms in total. The monoisotopic (exact) mass is 695 g/mol. The highest BCUT2D eigenvalue weighted by Gasteiger charge is 2.48. The van der Waals surface area contributed by atoms with Crippen molar-refractivity contribution in [3.8, 4) is 0 Å². The average Bonchev–Trinajstić information content (AvgIpc) is 3.87. The molecule has 3 aromatic carbocycles. The molecule has 3 atom stereocenters. The van der Waals surface area contributed by atoms with Crippen molar-refractivity contribution in [3.05, 3.63) is 101 Å². The molecule has 0 bridgehead atoms. The number of likely N-dealkylation sites (tertiary alicyclic amines) is 2. The standard InChI is InChI=1S/C29H30ClN7O4.C9H12/c1-31-25(38)11-33-28(40)21-15-36(26(39)8-16-10-32-24-9-18(30)6-7-19(16)24)12-17-13-37(14-20(17)21)29(41)27-34-22-4-2-3-5-23(22)35-27;1-2-6-9-7-4-3-5-8-9/h2-7,9-10,17,20-21,32H,8,11-15H2,1H3,(H,31,38)(H,33,40)(H,34,35);3-5,7-8H,2,6H2,1H3. The summed E-state index contributed by atoms with van der Waals surface area (Å²) < 4.78 is 0. The fourth-order valence-electron chi connectivity index (χ4n) is 7.03. The van der Waals surface area contributed by atoms with Crippen molar-refractivity contribution >= 4 is 57.2 Å². The van der Waals surface area contributed by atoms with Gasteiger partial charge in [0, 0.05) is 55.3 Å². The summed E-state index contributed by atoms with van der Waals surface area (Å²) in [7, 11) is 1.50. The van der Waals surface area contributed by atoms with E-state index in [-0.39, 0.29) is 60.8 Å². The van der Waals surface area contributed by atoms with Crippen molar-refractivity contribution in [2.45, 2.75) is 26.2 Å². The number of amides is 4. The van der Waals surface area contributed by atoms with Crippen LogP contribution in [0.1, 0.15) is 35.1 Å². The average molecular weight is 696 g/mol. The maximum atomic E-state index is 13.6. The minimum absolute atomic E-state index is 0.0986. The summed E-state index contributed by atoms with van der Waals surface area (Å²) in [6.07, 6.45) is 4.42. The Bertz CT molecular complexity index is 1960. The van der Waals surface area contributed by atoms with Gasteiger partial charge in [0.05, 0.1) is 29.9 Å². The number of hydrogen-bond acceptors (Lipinski definition) is 5. The highest BCUT2D eigenvalue weighted by Crippen LogP contribution is 2.36. The molecule has 7 rings (SSSR count). The first-order valence-electron chi connectivity index (χ1n) is 17.0. The van der Waals surface area contributed by atoms with Gasteiger partial charge in [-0.2, -0.15) is 0 Å². The third-order valence-electron chi connectivity index (χ3n) is 9.60. The molecule has 0 saturated carbocycles. The van der Waals surface area contributed by atoms with Crippen LogP contribution in [0.4, 0.5) is 0 Å². The first kappa shape index (κ1) is 34.7. The van der Waals surface area contributed by atoms with Crippen LogP contribution in [0, 0.1) is 17.8 Å². The third kappa shape index (κ3) is 7.83. The normalized spacial score (nSPS) is 18.3. The fourth-order valence-corrected chi connectivity index (χ4v) is 7.20. The van der Waals surface area contributed by atoms with E-state index >= 15 is 0 Å². The number of nitrogens with one attached hydrogen (secondary N) is 4. The van der Waals surface area contributed by atoms with E-state index in [1.54, 1.807) is 15.9 Å². The van der Waals surface area contributed by atoms with Gasteiger partial charge in [-0.05, 0) is 53.6 Å². The number of aromatic nitrogens is 3. The molecule has 2 aromatic heterocycles. The van der Waals surface area contributed by atoms with Gasteiger partial charge in [0.15, 0.2) is 5.82 Å². The van der Waals surface area contributed by atoms with Crippen LogP contribution in [0.25, 0.3) is 21.9 Å². The predicted octanol–water partition coefficient (Wildman–Crippen LogP) is 4.59. The lowest BCUT2D eigenvalue weighted by Crippen LogP contribution is -2.54. The number of halogens is 1. The van der Waals surface area contributed by atoms with Gasteiger partial charge in [0.2, 0.25) is 17.7 Å². The number of rotatable bonds is 8. The van der Waals surface area contributed by atoms with E-state index in [1.165, 1.54) is 25.5 Å². The molecule has 260 valence electrons. The fraction of sp³-hybridized carbons (Fsp3) is 0.342. The molecule has 0 aliphatic carbocycles. The van der Waals surface area contributed by atoms with E-state index in [1.807, 2.05) is 42.6 Å². The van der Waals surface area contributed by atoms with E-state index in [4.69, 9.17) is 11.6 Å².